The van der Waals surface area contributed by atoms with Crippen molar-refractivity contribution in [1.82, 2.24) is 4.90 Å². The maximum atomic E-state index is 12.1. The minimum absolute atomic E-state index is 0.0731. The van der Waals surface area contributed by atoms with Gasteiger partial charge in [-0.1, -0.05) is 20.3 Å². The number of nitrogens with two attached hydrogens (primary N) is 1. The molecule has 0 saturated carbocycles. The third-order valence-corrected chi connectivity index (χ3v) is 3.10. The molecule has 4 nitrogen and oxygen atoms in total. The maximum Gasteiger partial charge on any atom is 0.239 e. The van der Waals surface area contributed by atoms with Crippen LogP contribution in [0.15, 0.2) is 0 Å². The fourth-order valence-corrected chi connectivity index (χ4v) is 1.69. The van der Waals surface area contributed by atoms with Crippen molar-refractivity contribution >= 4 is 5.91 Å². The number of nitrogens with zero attached hydrogens (tertiary/aromatic N) is 1. The Morgan fingerprint density at radius 1 is 1.41 bits per heavy atom. The Labute approximate surface area is 105 Å². The topological polar surface area (TPSA) is 55.6 Å². The molecule has 0 rings (SSSR count). The lowest BCUT2D eigenvalue weighted by molar-refractivity contribution is -0.133. The van der Waals surface area contributed by atoms with Gasteiger partial charge < -0.3 is 15.4 Å². The molecule has 2 atom stereocenters. The first-order valence-electron chi connectivity index (χ1n) is 6.60. The van der Waals surface area contributed by atoms with Gasteiger partial charge >= 0.3 is 0 Å². The fourth-order valence-electron chi connectivity index (χ4n) is 1.69. The van der Waals surface area contributed by atoms with Crippen LogP contribution in [-0.4, -0.2) is 43.7 Å². The van der Waals surface area contributed by atoms with Crippen LogP contribution in [0.5, 0.6) is 0 Å². The van der Waals surface area contributed by atoms with Crippen molar-refractivity contribution in [1.29, 1.82) is 0 Å². The summed E-state index contributed by atoms with van der Waals surface area (Å²) in [4.78, 5) is 13.9. The van der Waals surface area contributed by atoms with Gasteiger partial charge in [-0.15, -0.1) is 0 Å². The lowest BCUT2D eigenvalue weighted by Crippen LogP contribution is -2.45. The van der Waals surface area contributed by atoms with Gasteiger partial charge in [0.1, 0.15) is 0 Å². The number of hydrogen-bond donors (Lipinski definition) is 1. The number of likely N-dealkylation sites (N-methyl/N-ethyl adjacent to an activating group) is 1. The van der Waals surface area contributed by atoms with Crippen LogP contribution in [0.1, 0.15) is 40.0 Å². The van der Waals surface area contributed by atoms with E-state index in [1.165, 1.54) is 0 Å². The van der Waals surface area contributed by atoms with E-state index in [0.717, 1.165) is 25.9 Å². The van der Waals surface area contributed by atoms with Crippen molar-refractivity contribution in [2.75, 3.05) is 26.8 Å². The summed E-state index contributed by atoms with van der Waals surface area (Å²) < 4.78 is 4.96. The number of amides is 1. The summed E-state index contributed by atoms with van der Waals surface area (Å²) in [6.07, 6.45) is 2.62. The number of ether oxygens (including phenoxy) is 1. The summed E-state index contributed by atoms with van der Waals surface area (Å²) >= 11 is 0. The van der Waals surface area contributed by atoms with Gasteiger partial charge in [0.15, 0.2) is 0 Å². The van der Waals surface area contributed by atoms with Crippen molar-refractivity contribution < 1.29 is 9.53 Å². The zero-order chi connectivity index (χ0) is 13.3. The third kappa shape index (κ3) is 6.64. The smallest absolute Gasteiger partial charge is 0.239 e. The van der Waals surface area contributed by atoms with Gasteiger partial charge in [-0.3, -0.25) is 4.79 Å². The van der Waals surface area contributed by atoms with Crippen LogP contribution < -0.4 is 5.73 Å². The molecule has 102 valence electrons. The van der Waals surface area contributed by atoms with Crippen molar-refractivity contribution in [3.63, 3.8) is 0 Å². The second-order valence-electron chi connectivity index (χ2n) is 4.63. The van der Waals surface area contributed by atoms with Crippen molar-refractivity contribution in [2.45, 2.75) is 46.1 Å². The van der Waals surface area contributed by atoms with Crippen molar-refractivity contribution in [3.8, 4) is 0 Å². The highest BCUT2D eigenvalue weighted by Gasteiger charge is 2.20. The minimum atomic E-state index is -0.380. The second-order valence-corrected chi connectivity index (χ2v) is 4.63. The van der Waals surface area contributed by atoms with E-state index in [0.29, 0.717) is 18.9 Å². The summed E-state index contributed by atoms with van der Waals surface area (Å²) in [5, 5.41) is 0. The largest absolute Gasteiger partial charge is 0.385 e. The van der Waals surface area contributed by atoms with Gasteiger partial charge in [0.25, 0.3) is 0 Å². The molecule has 0 aromatic rings. The summed E-state index contributed by atoms with van der Waals surface area (Å²) in [5.41, 5.74) is 5.90. The molecule has 4 heteroatoms. The van der Waals surface area contributed by atoms with Crippen LogP contribution in [0.25, 0.3) is 0 Å². The quantitative estimate of drug-likeness (QED) is 0.627. The van der Waals surface area contributed by atoms with Crippen LogP contribution >= 0.6 is 0 Å². The summed E-state index contributed by atoms with van der Waals surface area (Å²) in [6.45, 7) is 8.51. The summed E-state index contributed by atoms with van der Waals surface area (Å²) in [5.74, 6) is 0.606. The molecule has 0 radical (unpaired) electrons. The lowest BCUT2D eigenvalue weighted by atomic mass is 10.1. The number of carbonyl (C=O) groups is 1. The van der Waals surface area contributed by atoms with E-state index in [-0.39, 0.29) is 11.9 Å². The Balaban J connectivity index is 4.13. The highest BCUT2D eigenvalue weighted by Crippen LogP contribution is 2.07. The van der Waals surface area contributed by atoms with Crippen LogP contribution in [0.3, 0.4) is 0 Å². The van der Waals surface area contributed by atoms with Crippen molar-refractivity contribution in [2.24, 2.45) is 11.7 Å². The monoisotopic (exact) mass is 244 g/mol. The molecule has 0 spiro atoms. The molecule has 1 amide bonds. The van der Waals surface area contributed by atoms with Crippen LogP contribution in [0.2, 0.25) is 0 Å². The first-order valence-corrected chi connectivity index (χ1v) is 6.60. The second kappa shape index (κ2) is 9.42. The van der Waals surface area contributed by atoms with Crippen LogP contribution in [-0.2, 0) is 9.53 Å². The molecule has 0 fully saturated rings. The molecule has 0 aromatic heterocycles. The van der Waals surface area contributed by atoms with E-state index in [4.69, 9.17) is 10.5 Å². The standard InChI is InChI=1S/C13H28N2O2/c1-5-11(3)10-15(6-2)13(16)12(14)8-7-9-17-4/h11-12H,5-10,14H2,1-4H3. The van der Waals surface area contributed by atoms with Crippen molar-refractivity contribution in [3.05, 3.63) is 0 Å². The van der Waals surface area contributed by atoms with Gasteiger partial charge in [-0.05, 0) is 25.7 Å². The zero-order valence-corrected chi connectivity index (χ0v) is 11.7. The molecule has 0 heterocycles. The molecule has 2 unspecified atom stereocenters. The molecular weight excluding hydrogens is 216 g/mol. The Kier molecular flexibility index (Phi) is 9.09. The van der Waals surface area contributed by atoms with E-state index < -0.39 is 0 Å². The van der Waals surface area contributed by atoms with Crippen LogP contribution in [0.4, 0.5) is 0 Å². The highest BCUT2D eigenvalue weighted by molar-refractivity contribution is 5.81. The number of methoxy groups -OCH3 is 1. The Morgan fingerprint density at radius 3 is 2.53 bits per heavy atom. The Hall–Kier alpha value is -0.610. The minimum Gasteiger partial charge on any atom is -0.385 e. The highest BCUT2D eigenvalue weighted by atomic mass is 16.5. The normalized spacial score (nSPS) is 14.4. The number of carbonyl (C=O) groups excluding carboxylic acids is 1. The van der Waals surface area contributed by atoms with Crippen LogP contribution in [0, 0.1) is 5.92 Å². The molecule has 0 aliphatic rings. The molecule has 2 N–H and O–H groups in total. The van der Waals surface area contributed by atoms with E-state index in [1.807, 2.05) is 11.8 Å². The first kappa shape index (κ1) is 16.4. The summed E-state index contributed by atoms with van der Waals surface area (Å²) in [7, 11) is 1.66. The van der Waals surface area contributed by atoms with E-state index in [9.17, 15) is 4.79 Å². The molecule has 0 aliphatic heterocycles. The summed E-state index contributed by atoms with van der Waals surface area (Å²) in [6, 6.07) is -0.380. The first-order chi connectivity index (χ1) is 8.06. The molecular formula is C13H28N2O2. The SMILES string of the molecule is CCC(C)CN(CC)C(=O)C(N)CCCOC. The van der Waals surface area contributed by atoms with E-state index in [1.54, 1.807) is 7.11 Å². The Morgan fingerprint density at radius 2 is 2.06 bits per heavy atom. The van der Waals surface area contributed by atoms with Gasteiger partial charge in [0.05, 0.1) is 6.04 Å². The van der Waals surface area contributed by atoms with Gasteiger partial charge in [-0.25, -0.2) is 0 Å². The molecule has 17 heavy (non-hydrogen) atoms. The third-order valence-electron chi connectivity index (χ3n) is 3.10. The average molecular weight is 244 g/mol. The van der Waals surface area contributed by atoms with Gasteiger partial charge in [0.2, 0.25) is 5.91 Å². The van der Waals surface area contributed by atoms with Gasteiger partial charge in [0, 0.05) is 26.8 Å². The molecule has 0 saturated heterocycles. The van der Waals surface area contributed by atoms with E-state index in [2.05, 4.69) is 13.8 Å². The predicted molar refractivity (Wildman–Crippen MR) is 70.8 cm³/mol. The molecule has 0 aromatic carbocycles. The maximum absolute atomic E-state index is 12.1. The average Bonchev–Trinajstić information content (AvgIpc) is 2.34. The zero-order valence-electron chi connectivity index (χ0n) is 11.7. The van der Waals surface area contributed by atoms with Gasteiger partial charge in [-0.2, -0.15) is 0 Å². The fraction of sp³-hybridized carbons (Fsp3) is 0.923. The van der Waals surface area contributed by atoms with E-state index >= 15 is 0 Å². The number of hydrogen-bond acceptors (Lipinski definition) is 3. The number of rotatable bonds is 9. The Bertz CT molecular complexity index is 210. The lowest BCUT2D eigenvalue weighted by Gasteiger charge is -2.26. The molecule has 0 aliphatic carbocycles. The molecule has 0 bridgehead atoms. The predicted octanol–water partition coefficient (Wildman–Crippen LogP) is 1.63.